The number of hydrogen-bond acceptors (Lipinski definition) is 5. The van der Waals surface area contributed by atoms with Crippen molar-refractivity contribution in [1.29, 1.82) is 0 Å². The molecule has 0 saturated heterocycles. The Balaban J connectivity index is 1.90. The van der Waals surface area contributed by atoms with Gasteiger partial charge in [0.1, 0.15) is 0 Å². The van der Waals surface area contributed by atoms with Crippen LogP contribution in [0.25, 0.3) is 11.1 Å². The lowest BCUT2D eigenvalue weighted by molar-refractivity contribution is -0.145. The first-order chi connectivity index (χ1) is 16.6. The molecule has 35 heavy (non-hydrogen) atoms. The summed E-state index contributed by atoms with van der Waals surface area (Å²) in [5, 5.41) is 4.34. The Hall–Kier alpha value is -2.99. The summed E-state index contributed by atoms with van der Waals surface area (Å²) in [5.41, 5.74) is 10.6. The Morgan fingerprint density at radius 2 is 1.69 bits per heavy atom. The standard InChI is InChI=1S/C29H40N4O2/c1-7-8-13-26(34)33(27(20(2)3)28(35)29(4,5)6)19-21-14-16-22(17-15-21)23-11-9-10-12-24(23)25-18-30-32-31-25/h9-12,14-17,20,27,30,32H,7-8,13,18-19H2,1-6H3/t27-/m0/s1. The second-order valence-electron chi connectivity index (χ2n) is 10.7. The maximum absolute atomic E-state index is 13.4. The van der Waals surface area contributed by atoms with Gasteiger partial charge in [-0.25, -0.2) is 11.0 Å². The maximum Gasteiger partial charge on any atom is 0.223 e. The van der Waals surface area contributed by atoms with Crippen LogP contribution >= 0.6 is 0 Å². The van der Waals surface area contributed by atoms with E-state index in [1.165, 1.54) is 0 Å². The number of hydrazone groups is 1. The smallest absolute Gasteiger partial charge is 0.223 e. The number of benzene rings is 2. The molecule has 2 aromatic carbocycles. The van der Waals surface area contributed by atoms with Crippen LogP contribution in [0.2, 0.25) is 0 Å². The van der Waals surface area contributed by atoms with Crippen LogP contribution in [0.4, 0.5) is 0 Å². The first-order valence-electron chi connectivity index (χ1n) is 12.7. The number of ketones is 1. The van der Waals surface area contributed by atoms with Crippen LogP contribution in [-0.4, -0.2) is 34.9 Å². The number of carbonyl (C=O) groups is 2. The number of Topliss-reactive ketones (excluding diaryl/α,β-unsaturated/α-hetero) is 1. The predicted octanol–water partition coefficient (Wildman–Crippen LogP) is 5.32. The molecular formula is C29H40N4O2. The molecule has 6 nitrogen and oxygen atoms in total. The summed E-state index contributed by atoms with van der Waals surface area (Å²) < 4.78 is 0. The first-order valence-corrected chi connectivity index (χ1v) is 12.7. The summed E-state index contributed by atoms with van der Waals surface area (Å²) in [6.45, 7) is 13.0. The van der Waals surface area contributed by atoms with Gasteiger partial charge in [-0.2, -0.15) is 5.10 Å². The van der Waals surface area contributed by atoms with Gasteiger partial charge in [-0.15, -0.1) is 0 Å². The molecule has 1 heterocycles. The van der Waals surface area contributed by atoms with Crippen LogP contribution in [0.5, 0.6) is 0 Å². The van der Waals surface area contributed by atoms with Gasteiger partial charge in [0.25, 0.3) is 0 Å². The van der Waals surface area contributed by atoms with Crippen LogP contribution in [0.1, 0.15) is 71.9 Å². The van der Waals surface area contributed by atoms with Crippen molar-refractivity contribution in [2.45, 2.75) is 73.4 Å². The van der Waals surface area contributed by atoms with Gasteiger partial charge >= 0.3 is 0 Å². The van der Waals surface area contributed by atoms with Gasteiger partial charge in [-0.3, -0.25) is 9.59 Å². The molecule has 6 heteroatoms. The number of unbranched alkanes of at least 4 members (excludes halogenated alkanes) is 1. The number of amides is 1. The SMILES string of the molecule is CCCCC(=O)N(Cc1ccc(-c2ccccc2C2=NNNC2)cc1)[C@H](C(=O)C(C)(C)C)C(C)C. The highest BCUT2D eigenvalue weighted by molar-refractivity contribution is 6.07. The molecule has 1 aliphatic heterocycles. The van der Waals surface area contributed by atoms with Gasteiger partial charge < -0.3 is 4.90 Å². The lowest BCUT2D eigenvalue weighted by Gasteiger charge is -2.37. The summed E-state index contributed by atoms with van der Waals surface area (Å²) in [4.78, 5) is 28.5. The quantitative estimate of drug-likeness (QED) is 0.486. The molecule has 1 atom stereocenters. The third kappa shape index (κ3) is 6.57. The number of carbonyl (C=O) groups excluding carboxylic acids is 2. The fourth-order valence-electron chi connectivity index (χ4n) is 4.46. The molecule has 0 spiro atoms. The minimum atomic E-state index is -0.515. The summed E-state index contributed by atoms with van der Waals surface area (Å²) in [7, 11) is 0. The molecule has 2 aromatic rings. The molecule has 0 radical (unpaired) electrons. The van der Waals surface area contributed by atoms with Gasteiger partial charge in [0.2, 0.25) is 5.91 Å². The van der Waals surface area contributed by atoms with Crippen LogP contribution in [0.15, 0.2) is 53.6 Å². The summed E-state index contributed by atoms with van der Waals surface area (Å²) >= 11 is 0. The van der Waals surface area contributed by atoms with E-state index in [9.17, 15) is 9.59 Å². The maximum atomic E-state index is 13.4. The largest absolute Gasteiger partial charge is 0.328 e. The lowest BCUT2D eigenvalue weighted by atomic mass is 9.81. The second kappa shape index (κ2) is 11.6. The number of rotatable bonds is 10. The molecule has 2 N–H and O–H groups in total. The molecule has 0 aromatic heterocycles. The number of hydrazine groups is 1. The minimum Gasteiger partial charge on any atom is -0.328 e. The Bertz CT molecular complexity index is 1050. The zero-order chi connectivity index (χ0) is 25.6. The van der Waals surface area contributed by atoms with Crippen molar-refractivity contribution in [3.05, 3.63) is 59.7 Å². The summed E-state index contributed by atoms with van der Waals surface area (Å²) in [5.74, 6) is 0.201. The van der Waals surface area contributed by atoms with Gasteiger partial charge in [0.05, 0.1) is 18.3 Å². The van der Waals surface area contributed by atoms with Crippen molar-refractivity contribution >= 4 is 17.4 Å². The summed E-state index contributed by atoms with van der Waals surface area (Å²) in [6.07, 6.45) is 2.24. The average molecular weight is 477 g/mol. The molecule has 0 saturated carbocycles. The van der Waals surface area contributed by atoms with Crippen LogP contribution < -0.4 is 11.0 Å². The van der Waals surface area contributed by atoms with E-state index in [2.05, 4.69) is 59.4 Å². The molecular weight excluding hydrogens is 436 g/mol. The Kier molecular flexibility index (Phi) is 8.84. The van der Waals surface area contributed by atoms with Crippen molar-refractivity contribution in [3.8, 4) is 11.1 Å². The van der Waals surface area contributed by atoms with Gasteiger partial charge in [-0.1, -0.05) is 96.5 Å². The lowest BCUT2D eigenvalue weighted by Crippen LogP contribution is -2.51. The highest BCUT2D eigenvalue weighted by Gasteiger charge is 2.37. The molecule has 188 valence electrons. The van der Waals surface area contributed by atoms with Gasteiger partial charge in [0.15, 0.2) is 5.78 Å². The molecule has 1 aliphatic rings. The fourth-order valence-corrected chi connectivity index (χ4v) is 4.46. The zero-order valence-corrected chi connectivity index (χ0v) is 22.0. The van der Waals surface area contributed by atoms with Crippen molar-refractivity contribution in [1.82, 2.24) is 15.9 Å². The molecule has 1 amide bonds. The Morgan fingerprint density at radius 3 is 2.23 bits per heavy atom. The topological polar surface area (TPSA) is 73.8 Å². The van der Waals surface area contributed by atoms with E-state index in [0.717, 1.165) is 40.8 Å². The van der Waals surface area contributed by atoms with Crippen molar-refractivity contribution in [2.75, 3.05) is 6.54 Å². The third-order valence-corrected chi connectivity index (χ3v) is 6.42. The van der Waals surface area contributed by atoms with E-state index in [4.69, 9.17) is 0 Å². The van der Waals surface area contributed by atoms with E-state index in [0.29, 0.717) is 19.5 Å². The highest BCUT2D eigenvalue weighted by atomic mass is 16.2. The monoisotopic (exact) mass is 476 g/mol. The second-order valence-corrected chi connectivity index (χ2v) is 10.7. The average Bonchev–Trinajstić information content (AvgIpc) is 3.36. The van der Waals surface area contributed by atoms with Crippen molar-refractivity contribution in [2.24, 2.45) is 16.4 Å². The zero-order valence-electron chi connectivity index (χ0n) is 22.0. The Morgan fingerprint density at radius 1 is 1.03 bits per heavy atom. The van der Waals surface area contributed by atoms with E-state index >= 15 is 0 Å². The first kappa shape index (κ1) is 26.6. The number of nitrogens with one attached hydrogen (secondary N) is 2. The molecule has 3 rings (SSSR count). The summed E-state index contributed by atoms with van der Waals surface area (Å²) in [6, 6.07) is 16.1. The molecule has 0 unspecified atom stereocenters. The molecule has 0 fully saturated rings. The van der Waals surface area contributed by atoms with Crippen molar-refractivity contribution < 1.29 is 9.59 Å². The molecule has 0 aliphatic carbocycles. The highest BCUT2D eigenvalue weighted by Crippen LogP contribution is 2.28. The molecule has 0 bridgehead atoms. The fraction of sp³-hybridized carbons (Fsp3) is 0.483. The van der Waals surface area contributed by atoms with Crippen molar-refractivity contribution in [3.63, 3.8) is 0 Å². The number of hydrogen-bond donors (Lipinski definition) is 2. The third-order valence-electron chi connectivity index (χ3n) is 6.42. The van der Waals surface area contributed by atoms with E-state index in [-0.39, 0.29) is 17.6 Å². The number of nitrogens with zero attached hydrogens (tertiary/aromatic N) is 2. The predicted molar refractivity (Wildman–Crippen MR) is 143 cm³/mol. The normalized spacial score (nSPS) is 14.4. The van der Waals surface area contributed by atoms with Crippen LogP contribution in [0.3, 0.4) is 0 Å². The van der Waals surface area contributed by atoms with E-state index in [1.54, 1.807) is 0 Å². The van der Waals surface area contributed by atoms with Crippen LogP contribution in [-0.2, 0) is 16.1 Å². The van der Waals surface area contributed by atoms with E-state index < -0.39 is 11.5 Å². The Labute approximate surface area is 210 Å². The van der Waals surface area contributed by atoms with Gasteiger partial charge in [0, 0.05) is 23.9 Å². The van der Waals surface area contributed by atoms with Crippen LogP contribution in [0, 0.1) is 11.3 Å². The van der Waals surface area contributed by atoms with E-state index in [1.807, 2.05) is 51.7 Å². The minimum absolute atomic E-state index is 0.0351. The van der Waals surface area contributed by atoms with Gasteiger partial charge in [-0.05, 0) is 29.0 Å².